The van der Waals surface area contributed by atoms with Gasteiger partial charge in [-0.05, 0) is 48.2 Å². The Hall–Kier alpha value is -4.02. The molecule has 0 saturated heterocycles. The zero-order chi connectivity index (χ0) is 24.9. The summed E-state index contributed by atoms with van der Waals surface area (Å²) in [4.78, 5) is 47.7. The van der Waals surface area contributed by atoms with Crippen LogP contribution in [0.5, 0.6) is 0 Å². The van der Waals surface area contributed by atoms with Gasteiger partial charge in [0.2, 0.25) is 0 Å². The Morgan fingerprint density at radius 3 is 2.31 bits per heavy atom. The monoisotopic (exact) mass is 493 g/mol. The number of aliphatic carboxylic acids is 1. The van der Waals surface area contributed by atoms with E-state index >= 15 is 0 Å². The molecule has 0 saturated carbocycles. The summed E-state index contributed by atoms with van der Waals surface area (Å²) in [6.07, 6.45) is 1.17. The molecule has 35 heavy (non-hydrogen) atoms. The molecule has 10 heteroatoms. The van der Waals surface area contributed by atoms with Gasteiger partial charge in [-0.15, -0.1) is 11.3 Å². The number of hydrogen-bond acceptors (Lipinski definition) is 6. The van der Waals surface area contributed by atoms with E-state index in [-0.39, 0.29) is 29.1 Å². The summed E-state index contributed by atoms with van der Waals surface area (Å²) in [5.41, 5.74) is 3.20. The number of rotatable bonds is 7. The number of carboxylic acids is 2. The molecule has 1 unspecified atom stereocenters. The van der Waals surface area contributed by atoms with Gasteiger partial charge in [-0.2, -0.15) is 0 Å². The number of anilines is 1. The second-order valence-corrected chi connectivity index (χ2v) is 9.09. The highest BCUT2D eigenvalue weighted by atomic mass is 32.1. The topological polar surface area (TPSA) is 145 Å². The van der Waals surface area contributed by atoms with Crippen LogP contribution in [-0.4, -0.2) is 47.1 Å². The normalized spacial score (nSPS) is 14.6. The van der Waals surface area contributed by atoms with Crippen LogP contribution in [0, 0.1) is 0 Å². The Labute approximate surface area is 204 Å². The first-order valence-electron chi connectivity index (χ1n) is 10.9. The van der Waals surface area contributed by atoms with E-state index < -0.39 is 17.8 Å². The van der Waals surface area contributed by atoms with Crippen molar-refractivity contribution in [2.75, 3.05) is 18.4 Å². The number of carbonyl (C=O) groups is 4. The van der Waals surface area contributed by atoms with E-state index in [1.54, 1.807) is 12.1 Å². The number of amides is 2. The average Bonchev–Trinajstić information content (AvgIpc) is 3.22. The summed E-state index contributed by atoms with van der Waals surface area (Å²) >= 11 is 1.00. The summed E-state index contributed by atoms with van der Waals surface area (Å²) in [6.45, 7) is 0.675. The average molecular weight is 494 g/mol. The van der Waals surface area contributed by atoms with Gasteiger partial charge in [-0.3, -0.25) is 9.59 Å². The largest absolute Gasteiger partial charge is 0.478 e. The molecule has 2 heterocycles. The maximum atomic E-state index is 12.7. The van der Waals surface area contributed by atoms with Crippen molar-refractivity contribution in [1.29, 1.82) is 0 Å². The van der Waals surface area contributed by atoms with Crippen LogP contribution >= 0.6 is 11.3 Å². The first kappa shape index (κ1) is 24.1. The standard InChI is InChI=1S/C25H23N3O6S/c29-21(16-8-6-15(7-9-16)12-14-4-2-1-3-5-14)27-13-18-20-17(10-11-26-18)19(24(31)32)23(35-20)28-22(30)25(33)34/h1-9,18,26H,10-13H2,(H,27,29)(H,28,30)(H,31,32)(H,33,34). The van der Waals surface area contributed by atoms with Crippen molar-refractivity contribution in [3.8, 4) is 0 Å². The van der Waals surface area contributed by atoms with Crippen LogP contribution < -0.4 is 16.0 Å². The minimum absolute atomic E-state index is 0.0241. The first-order valence-corrected chi connectivity index (χ1v) is 11.7. The third kappa shape index (κ3) is 5.56. The van der Waals surface area contributed by atoms with Gasteiger partial charge < -0.3 is 26.2 Å². The van der Waals surface area contributed by atoms with Crippen LogP contribution in [0.3, 0.4) is 0 Å². The van der Waals surface area contributed by atoms with Gasteiger partial charge in [-0.25, -0.2) is 9.59 Å². The van der Waals surface area contributed by atoms with Crippen molar-refractivity contribution >= 4 is 40.1 Å². The number of hydrogen-bond donors (Lipinski definition) is 5. The number of nitrogens with one attached hydrogen (secondary N) is 3. The van der Waals surface area contributed by atoms with E-state index in [0.717, 1.165) is 23.3 Å². The van der Waals surface area contributed by atoms with Crippen LogP contribution in [0.25, 0.3) is 0 Å². The maximum Gasteiger partial charge on any atom is 0.394 e. The molecule has 1 aliphatic heterocycles. The lowest BCUT2D eigenvalue weighted by molar-refractivity contribution is -0.147. The number of carbonyl (C=O) groups excluding carboxylic acids is 2. The molecule has 0 bridgehead atoms. The number of benzene rings is 2. The lowest BCUT2D eigenvalue weighted by Crippen LogP contribution is -2.38. The van der Waals surface area contributed by atoms with Crippen molar-refractivity contribution in [3.63, 3.8) is 0 Å². The van der Waals surface area contributed by atoms with Gasteiger partial charge in [-0.1, -0.05) is 42.5 Å². The Morgan fingerprint density at radius 2 is 1.66 bits per heavy atom. The highest BCUT2D eigenvalue weighted by Crippen LogP contribution is 2.39. The number of aromatic carboxylic acids is 1. The molecule has 0 radical (unpaired) electrons. The van der Waals surface area contributed by atoms with Crippen LogP contribution in [0.1, 0.15) is 48.3 Å². The van der Waals surface area contributed by atoms with Crippen molar-refractivity contribution in [1.82, 2.24) is 10.6 Å². The Morgan fingerprint density at radius 1 is 0.971 bits per heavy atom. The van der Waals surface area contributed by atoms with Crippen molar-refractivity contribution in [2.24, 2.45) is 0 Å². The molecule has 1 atom stereocenters. The molecular formula is C25H23N3O6S. The molecule has 5 N–H and O–H groups in total. The molecule has 3 aromatic rings. The summed E-state index contributed by atoms with van der Waals surface area (Å²) < 4.78 is 0. The molecule has 1 aromatic heterocycles. The summed E-state index contributed by atoms with van der Waals surface area (Å²) in [5.74, 6) is -4.52. The maximum absolute atomic E-state index is 12.7. The number of carboxylic acid groups (broad SMARTS) is 2. The zero-order valence-corrected chi connectivity index (χ0v) is 19.4. The van der Waals surface area contributed by atoms with Gasteiger partial charge in [0.1, 0.15) is 5.00 Å². The lowest BCUT2D eigenvalue weighted by Gasteiger charge is -2.24. The van der Waals surface area contributed by atoms with Gasteiger partial charge >= 0.3 is 17.8 Å². The van der Waals surface area contributed by atoms with Gasteiger partial charge in [0, 0.05) is 17.0 Å². The Balaban J connectivity index is 1.44. The molecule has 4 rings (SSSR count). The van der Waals surface area contributed by atoms with E-state index in [1.807, 2.05) is 42.5 Å². The zero-order valence-electron chi connectivity index (χ0n) is 18.5. The third-order valence-corrected chi connectivity index (χ3v) is 6.95. The smallest absolute Gasteiger partial charge is 0.394 e. The van der Waals surface area contributed by atoms with Crippen molar-refractivity contribution in [3.05, 3.63) is 87.3 Å². The number of fused-ring (bicyclic) bond motifs is 1. The minimum Gasteiger partial charge on any atom is -0.478 e. The van der Waals surface area contributed by atoms with Crippen LogP contribution in [-0.2, 0) is 22.4 Å². The van der Waals surface area contributed by atoms with Gasteiger partial charge in [0.25, 0.3) is 5.91 Å². The Bertz CT molecular complexity index is 1270. The molecule has 1 aliphatic rings. The Kier molecular flexibility index (Phi) is 7.23. The van der Waals surface area contributed by atoms with Crippen molar-refractivity contribution < 1.29 is 29.4 Å². The van der Waals surface area contributed by atoms with Gasteiger partial charge in [0.05, 0.1) is 11.6 Å². The summed E-state index contributed by atoms with van der Waals surface area (Å²) in [7, 11) is 0. The fourth-order valence-electron chi connectivity index (χ4n) is 4.01. The highest BCUT2D eigenvalue weighted by molar-refractivity contribution is 7.17. The second-order valence-electron chi connectivity index (χ2n) is 8.04. The first-order chi connectivity index (χ1) is 16.8. The molecule has 0 fully saturated rings. The fraction of sp³-hybridized carbons (Fsp3) is 0.200. The van der Waals surface area contributed by atoms with E-state index in [0.29, 0.717) is 29.0 Å². The van der Waals surface area contributed by atoms with E-state index in [9.17, 15) is 24.3 Å². The second kappa shape index (κ2) is 10.5. The van der Waals surface area contributed by atoms with Crippen LogP contribution in [0.4, 0.5) is 5.00 Å². The predicted octanol–water partition coefficient (Wildman–Crippen LogP) is 2.68. The predicted molar refractivity (Wildman–Crippen MR) is 130 cm³/mol. The van der Waals surface area contributed by atoms with E-state index in [4.69, 9.17) is 5.11 Å². The molecule has 0 spiro atoms. The molecule has 180 valence electrons. The lowest BCUT2D eigenvalue weighted by atomic mass is 9.99. The summed E-state index contributed by atoms with van der Waals surface area (Å²) in [5, 5.41) is 26.8. The van der Waals surface area contributed by atoms with Crippen molar-refractivity contribution in [2.45, 2.75) is 18.9 Å². The number of thiophene rings is 1. The van der Waals surface area contributed by atoms with Gasteiger partial charge in [0.15, 0.2) is 0 Å². The van der Waals surface area contributed by atoms with E-state index in [2.05, 4.69) is 16.0 Å². The third-order valence-electron chi connectivity index (χ3n) is 5.69. The van der Waals surface area contributed by atoms with Crippen LogP contribution in [0.15, 0.2) is 54.6 Å². The molecular weight excluding hydrogens is 470 g/mol. The SMILES string of the molecule is O=C(O)C(=O)Nc1sc2c(c1C(=O)O)CCNC2CNC(=O)c1ccc(Cc2ccccc2)cc1. The molecule has 2 aromatic carbocycles. The quantitative estimate of drug-likeness (QED) is 0.318. The minimum atomic E-state index is -1.70. The highest BCUT2D eigenvalue weighted by Gasteiger charge is 2.31. The molecule has 9 nitrogen and oxygen atoms in total. The van der Waals surface area contributed by atoms with Crippen LogP contribution in [0.2, 0.25) is 0 Å². The molecule has 2 amide bonds. The summed E-state index contributed by atoms with van der Waals surface area (Å²) in [6, 6.07) is 17.0. The fourth-order valence-corrected chi connectivity index (χ4v) is 5.33. The molecule has 0 aliphatic carbocycles. The van der Waals surface area contributed by atoms with E-state index in [1.165, 1.54) is 5.56 Å².